The number of anilines is 1. The fourth-order valence-electron chi connectivity index (χ4n) is 1.76. The van der Waals surface area contributed by atoms with Crippen LogP contribution in [-0.4, -0.2) is 18.0 Å². The van der Waals surface area contributed by atoms with Crippen molar-refractivity contribution in [2.24, 2.45) is 5.10 Å². The highest BCUT2D eigenvalue weighted by atomic mass is 79.9. The lowest BCUT2D eigenvalue weighted by molar-refractivity contribution is -0.124. The molecule has 0 fully saturated rings. The average Bonchev–Trinajstić information content (AvgIpc) is 2.56. The Labute approximate surface area is 142 Å². The molecular weight excluding hydrogens is 358 g/mol. The van der Waals surface area contributed by atoms with Crippen molar-refractivity contribution < 1.29 is 9.59 Å². The van der Waals surface area contributed by atoms with Crippen molar-refractivity contribution in [1.82, 2.24) is 5.43 Å². The molecule has 2 amide bonds. The smallest absolute Gasteiger partial charge is 0.240 e. The predicted octanol–water partition coefficient (Wildman–Crippen LogP) is 3.32. The second kappa shape index (κ2) is 8.85. The van der Waals surface area contributed by atoms with Gasteiger partial charge >= 0.3 is 0 Å². The van der Waals surface area contributed by atoms with Gasteiger partial charge in [0.15, 0.2) is 0 Å². The summed E-state index contributed by atoms with van der Waals surface area (Å²) in [6.07, 6.45) is 1.74. The summed E-state index contributed by atoms with van der Waals surface area (Å²) in [6.45, 7) is 0. The van der Waals surface area contributed by atoms with E-state index in [1.54, 1.807) is 18.3 Å². The van der Waals surface area contributed by atoms with Crippen LogP contribution in [0.4, 0.5) is 5.69 Å². The molecule has 0 radical (unpaired) electrons. The zero-order valence-corrected chi connectivity index (χ0v) is 13.9. The summed E-state index contributed by atoms with van der Waals surface area (Å²) in [7, 11) is 0. The number of halogens is 1. The summed E-state index contributed by atoms with van der Waals surface area (Å²) < 4.78 is 0.975. The molecule has 0 heterocycles. The molecule has 2 rings (SSSR count). The van der Waals surface area contributed by atoms with E-state index >= 15 is 0 Å². The number of hydrogen-bond donors (Lipinski definition) is 2. The fraction of sp³-hybridized carbons (Fsp3) is 0.118. The first-order valence-electron chi connectivity index (χ1n) is 7.06. The number of carbonyl (C=O) groups is 2. The summed E-state index contributed by atoms with van der Waals surface area (Å²) in [5.41, 5.74) is 3.99. The maximum Gasteiger partial charge on any atom is 0.240 e. The van der Waals surface area contributed by atoms with Crippen molar-refractivity contribution >= 4 is 39.6 Å². The highest BCUT2D eigenvalue weighted by molar-refractivity contribution is 9.10. The van der Waals surface area contributed by atoms with Crippen LogP contribution in [0.5, 0.6) is 0 Å². The molecule has 6 heteroatoms. The Morgan fingerprint density at radius 2 is 1.61 bits per heavy atom. The normalized spacial score (nSPS) is 10.5. The van der Waals surface area contributed by atoms with E-state index in [1.807, 2.05) is 42.5 Å². The number of rotatable bonds is 6. The standard InChI is InChI=1S/C17H16BrN3O2/c18-14-8-6-13(7-9-14)12-19-21-17(23)11-10-16(22)20-15-4-2-1-3-5-15/h1-9,12H,10-11H2,(H,20,22)(H,21,23). The van der Waals surface area contributed by atoms with E-state index in [0.717, 1.165) is 10.0 Å². The minimum atomic E-state index is -0.304. The van der Waals surface area contributed by atoms with Gasteiger partial charge in [-0.3, -0.25) is 9.59 Å². The number of hydrazone groups is 1. The van der Waals surface area contributed by atoms with E-state index in [0.29, 0.717) is 5.69 Å². The van der Waals surface area contributed by atoms with E-state index < -0.39 is 0 Å². The third kappa shape index (κ3) is 6.44. The first kappa shape index (κ1) is 16.9. The van der Waals surface area contributed by atoms with Gasteiger partial charge in [-0.2, -0.15) is 5.10 Å². The van der Waals surface area contributed by atoms with Gasteiger partial charge in [0, 0.05) is 23.0 Å². The van der Waals surface area contributed by atoms with E-state index in [4.69, 9.17) is 0 Å². The molecule has 0 aliphatic rings. The molecule has 2 aromatic rings. The molecule has 0 aliphatic carbocycles. The van der Waals surface area contributed by atoms with Gasteiger partial charge in [-0.25, -0.2) is 5.43 Å². The van der Waals surface area contributed by atoms with E-state index in [-0.39, 0.29) is 24.7 Å². The quantitative estimate of drug-likeness (QED) is 0.602. The van der Waals surface area contributed by atoms with Gasteiger partial charge < -0.3 is 5.32 Å². The van der Waals surface area contributed by atoms with Gasteiger partial charge in [-0.1, -0.05) is 46.3 Å². The van der Waals surface area contributed by atoms with E-state index in [2.05, 4.69) is 31.8 Å². The summed E-state index contributed by atoms with van der Waals surface area (Å²) in [6, 6.07) is 16.6. The van der Waals surface area contributed by atoms with E-state index in [9.17, 15) is 9.59 Å². The molecular formula is C17H16BrN3O2. The Bertz CT molecular complexity index is 685. The topological polar surface area (TPSA) is 70.6 Å². The van der Waals surface area contributed by atoms with Crippen molar-refractivity contribution in [2.45, 2.75) is 12.8 Å². The van der Waals surface area contributed by atoms with Crippen molar-refractivity contribution in [1.29, 1.82) is 0 Å². The molecule has 0 saturated carbocycles. The number of nitrogens with zero attached hydrogens (tertiary/aromatic N) is 1. The highest BCUT2D eigenvalue weighted by Gasteiger charge is 2.06. The highest BCUT2D eigenvalue weighted by Crippen LogP contribution is 2.09. The number of carbonyl (C=O) groups excluding carboxylic acids is 2. The number of hydrogen-bond acceptors (Lipinski definition) is 3. The maximum absolute atomic E-state index is 11.7. The lowest BCUT2D eigenvalue weighted by Crippen LogP contribution is -2.20. The van der Waals surface area contributed by atoms with Crippen LogP contribution >= 0.6 is 15.9 Å². The van der Waals surface area contributed by atoms with Gasteiger partial charge in [0.25, 0.3) is 0 Å². The van der Waals surface area contributed by atoms with Crippen LogP contribution in [0, 0.1) is 0 Å². The Morgan fingerprint density at radius 3 is 2.30 bits per heavy atom. The summed E-state index contributed by atoms with van der Waals surface area (Å²) in [5.74, 6) is -0.509. The van der Waals surface area contributed by atoms with Crippen molar-refractivity contribution in [3.8, 4) is 0 Å². The van der Waals surface area contributed by atoms with Crippen LogP contribution in [0.1, 0.15) is 18.4 Å². The molecule has 2 aromatic carbocycles. The summed E-state index contributed by atoms with van der Waals surface area (Å²) in [5, 5.41) is 6.58. The lowest BCUT2D eigenvalue weighted by atomic mass is 10.2. The molecule has 0 atom stereocenters. The lowest BCUT2D eigenvalue weighted by Gasteiger charge is -2.04. The van der Waals surface area contributed by atoms with Gasteiger partial charge in [0.2, 0.25) is 11.8 Å². The largest absolute Gasteiger partial charge is 0.326 e. The van der Waals surface area contributed by atoms with Crippen LogP contribution in [0.2, 0.25) is 0 Å². The van der Waals surface area contributed by atoms with Crippen molar-refractivity contribution in [2.75, 3.05) is 5.32 Å². The molecule has 0 unspecified atom stereocenters. The summed E-state index contributed by atoms with van der Waals surface area (Å²) in [4.78, 5) is 23.3. The zero-order chi connectivity index (χ0) is 16.5. The van der Waals surface area contributed by atoms with Gasteiger partial charge in [0.05, 0.1) is 6.21 Å². The predicted molar refractivity (Wildman–Crippen MR) is 94.2 cm³/mol. The van der Waals surface area contributed by atoms with Crippen molar-refractivity contribution in [3.05, 3.63) is 64.6 Å². The monoisotopic (exact) mass is 373 g/mol. The van der Waals surface area contributed by atoms with Crippen LogP contribution in [0.3, 0.4) is 0 Å². The molecule has 23 heavy (non-hydrogen) atoms. The average molecular weight is 374 g/mol. The van der Waals surface area contributed by atoms with Crippen LogP contribution in [0.15, 0.2) is 64.2 Å². The first-order chi connectivity index (χ1) is 11.1. The minimum absolute atomic E-state index is 0.0797. The molecule has 5 nitrogen and oxygen atoms in total. The SMILES string of the molecule is O=C(CCC(=O)Nc1ccccc1)NN=Cc1ccc(Br)cc1. The summed E-state index contributed by atoms with van der Waals surface area (Å²) >= 11 is 3.34. The van der Waals surface area contributed by atoms with Gasteiger partial charge in [0.1, 0.15) is 0 Å². The Balaban J connectivity index is 1.70. The van der Waals surface area contributed by atoms with Crippen LogP contribution in [-0.2, 0) is 9.59 Å². The Morgan fingerprint density at radius 1 is 0.957 bits per heavy atom. The van der Waals surface area contributed by atoms with Crippen LogP contribution < -0.4 is 10.7 Å². The Hall–Kier alpha value is -2.47. The number of amides is 2. The number of para-hydroxylation sites is 1. The molecule has 0 saturated heterocycles. The zero-order valence-electron chi connectivity index (χ0n) is 12.3. The van der Waals surface area contributed by atoms with E-state index in [1.165, 1.54) is 0 Å². The molecule has 0 spiro atoms. The second-order valence-corrected chi connectivity index (χ2v) is 5.67. The maximum atomic E-state index is 11.7. The number of benzene rings is 2. The molecule has 118 valence electrons. The second-order valence-electron chi connectivity index (χ2n) is 4.76. The first-order valence-corrected chi connectivity index (χ1v) is 7.85. The fourth-order valence-corrected chi connectivity index (χ4v) is 2.02. The Kier molecular flexibility index (Phi) is 6.50. The number of nitrogens with one attached hydrogen (secondary N) is 2. The molecule has 0 aliphatic heterocycles. The van der Waals surface area contributed by atoms with Gasteiger partial charge in [-0.15, -0.1) is 0 Å². The third-order valence-corrected chi connectivity index (χ3v) is 3.44. The molecule has 2 N–H and O–H groups in total. The third-order valence-electron chi connectivity index (χ3n) is 2.91. The van der Waals surface area contributed by atoms with Gasteiger partial charge in [-0.05, 0) is 29.8 Å². The minimum Gasteiger partial charge on any atom is -0.326 e. The van der Waals surface area contributed by atoms with Crippen LogP contribution in [0.25, 0.3) is 0 Å². The molecule has 0 bridgehead atoms. The van der Waals surface area contributed by atoms with Crippen molar-refractivity contribution in [3.63, 3.8) is 0 Å². The molecule has 0 aromatic heterocycles.